The number of pyridine rings is 1. The molecule has 2 atom stereocenters. The maximum atomic E-state index is 12.6. The van der Waals surface area contributed by atoms with Crippen molar-refractivity contribution in [1.82, 2.24) is 20.3 Å². The van der Waals surface area contributed by atoms with Crippen molar-refractivity contribution in [1.29, 1.82) is 0 Å². The standard InChI is InChI=1S/C21H29N5O2/c1-26(2)21-24-14-18(15-7-10-22-11-8-15)19(25-21)9-12-23-20(27)16-5-4-6-17(13-16)28-3/h7-8,10-11,14,16-17H,4-6,9,12-13H2,1-3H3,(H,23,27)/t16-,17-/m0/s1. The molecule has 150 valence electrons. The molecule has 0 saturated heterocycles. The number of amides is 1. The summed E-state index contributed by atoms with van der Waals surface area (Å²) in [5, 5.41) is 3.09. The first-order valence-corrected chi connectivity index (χ1v) is 9.82. The van der Waals surface area contributed by atoms with Gasteiger partial charge >= 0.3 is 0 Å². The van der Waals surface area contributed by atoms with Crippen molar-refractivity contribution in [2.75, 3.05) is 32.6 Å². The summed E-state index contributed by atoms with van der Waals surface area (Å²) in [5.41, 5.74) is 2.92. The zero-order chi connectivity index (χ0) is 19.9. The fourth-order valence-corrected chi connectivity index (χ4v) is 3.63. The number of rotatable bonds is 7. The van der Waals surface area contributed by atoms with Crippen molar-refractivity contribution in [2.24, 2.45) is 5.92 Å². The average Bonchev–Trinajstić information content (AvgIpc) is 2.74. The zero-order valence-corrected chi connectivity index (χ0v) is 16.9. The number of carbonyl (C=O) groups excluding carboxylic acids is 1. The van der Waals surface area contributed by atoms with E-state index in [0.717, 1.165) is 42.5 Å². The van der Waals surface area contributed by atoms with Crippen molar-refractivity contribution in [3.8, 4) is 11.1 Å². The number of ether oxygens (including phenoxy) is 1. The van der Waals surface area contributed by atoms with E-state index in [-0.39, 0.29) is 17.9 Å². The summed E-state index contributed by atoms with van der Waals surface area (Å²) in [7, 11) is 5.56. The quantitative estimate of drug-likeness (QED) is 0.791. The van der Waals surface area contributed by atoms with E-state index in [2.05, 4.69) is 15.3 Å². The molecule has 2 aromatic heterocycles. The van der Waals surface area contributed by atoms with Crippen molar-refractivity contribution in [3.63, 3.8) is 0 Å². The molecule has 1 aliphatic carbocycles. The molecule has 1 amide bonds. The van der Waals surface area contributed by atoms with Crippen LogP contribution in [0.25, 0.3) is 11.1 Å². The lowest BCUT2D eigenvalue weighted by atomic mass is 9.86. The summed E-state index contributed by atoms with van der Waals surface area (Å²) in [6.45, 7) is 0.551. The van der Waals surface area contributed by atoms with Gasteiger partial charge in [0.2, 0.25) is 11.9 Å². The molecule has 0 spiro atoms. The molecule has 0 aromatic carbocycles. The van der Waals surface area contributed by atoms with Crippen LogP contribution in [0, 0.1) is 5.92 Å². The molecule has 1 aliphatic rings. The van der Waals surface area contributed by atoms with Crippen molar-refractivity contribution < 1.29 is 9.53 Å². The van der Waals surface area contributed by atoms with Crippen molar-refractivity contribution >= 4 is 11.9 Å². The van der Waals surface area contributed by atoms with Gasteiger partial charge in [-0.25, -0.2) is 9.97 Å². The summed E-state index contributed by atoms with van der Waals surface area (Å²) < 4.78 is 5.44. The Hall–Kier alpha value is -2.54. The highest BCUT2D eigenvalue weighted by Gasteiger charge is 2.27. The van der Waals surface area contributed by atoms with Gasteiger partial charge in [0.15, 0.2) is 0 Å². The Morgan fingerprint density at radius 3 is 2.79 bits per heavy atom. The van der Waals surface area contributed by atoms with Gasteiger partial charge in [-0.05, 0) is 37.0 Å². The summed E-state index contributed by atoms with van der Waals surface area (Å²) in [6, 6.07) is 3.89. The summed E-state index contributed by atoms with van der Waals surface area (Å²) >= 11 is 0. The lowest BCUT2D eigenvalue weighted by molar-refractivity contribution is -0.127. The minimum absolute atomic E-state index is 0.0427. The number of hydrogen-bond donors (Lipinski definition) is 1. The first-order chi connectivity index (χ1) is 13.6. The molecule has 2 aromatic rings. The molecule has 7 nitrogen and oxygen atoms in total. The van der Waals surface area contributed by atoms with Crippen LogP contribution in [0.1, 0.15) is 31.4 Å². The molecule has 0 bridgehead atoms. The molecule has 0 unspecified atom stereocenters. The fraction of sp³-hybridized carbons (Fsp3) is 0.524. The number of hydrogen-bond acceptors (Lipinski definition) is 6. The first kappa shape index (κ1) is 20.2. The topological polar surface area (TPSA) is 80.2 Å². The first-order valence-electron chi connectivity index (χ1n) is 9.82. The number of nitrogens with one attached hydrogen (secondary N) is 1. The third-order valence-corrected chi connectivity index (χ3v) is 5.24. The number of nitrogens with zero attached hydrogens (tertiary/aromatic N) is 4. The molecule has 2 heterocycles. The van der Waals surface area contributed by atoms with E-state index in [4.69, 9.17) is 9.72 Å². The highest BCUT2D eigenvalue weighted by atomic mass is 16.5. The predicted octanol–water partition coefficient (Wildman–Crippen LogP) is 2.47. The molecule has 3 rings (SSSR count). The molecule has 0 radical (unpaired) electrons. The Balaban J connectivity index is 1.67. The second kappa shape index (κ2) is 9.59. The zero-order valence-electron chi connectivity index (χ0n) is 16.9. The van der Waals surface area contributed by atoms with E-state index in [9.17, 15) is 4.79 Å². The SMILES string of the molecule is CO[C@H]1CCC[C@H](C(=O)NCCc2nc(N(C)C)ncc2-c2ccncc2)C1. The fourth-order valence-electron chi connectivity index (χ4n) is 3.63. The van der Waals surface area contributed by atoms with E-state index in [1.807, 2.05) is 37.3 Å². The summed E-state index contributed by atoms with van der Waals surface area (Å²) in [4.78, 5) is 27.7. The largest absolute Gasteiger partial charge is 0.381 e. The van der Waals surface area contributed by atoms with Crippen molar-refractivity contribution in [3.05, 3.63) is 36.4 Å². The van der Waals surface area contributed by atoms with E-state index in [0.29, 0.717) is 18.9 Å². The van der Waals surface area contributed by atoms with Crippen LogP contribution in [0.4, 0.5) is 5.95 Å². The highest BCUT2D eigenvalue weighted by Crippen LogP contribution is 2.26. The van der Waals surface area contributed by atoms with Gasteiger partial charge in [0.1, 0.15) is 0 Å². The lowest BCUT2D eigenvalue weighted by Gasteiger charge is -2.27. The molecule has 1 saturated carbocycles. The molecular formula is C21H29N5O2. The smallest absolute Gasteiger partial charge is 0.225 e. The van der Waals surface area contributed by atoms with E-state index in [1.54, 1.807) is 19.5 Å². The van der Waals surface area contributed by atoms with Gasteiger partial charge in [-0.1, -0.05) is 6.42 Å². The maximum absolute atomic E-state index is 12.6. The van der Waals surface area contributed by atoms with Crippen LogP contribution < -0.4 is 10.2 Å². The van der Waals surface area contributed by atoms with Crippen LogP contribution in [-0.4, -0.2) is 54.7 Å². The van der Waals surface area contributed by atoms with Gasteiger partial charge in [0.25, 0.3) is 0 Å². The second-order valence-electron chi connectivity index (χ2n) is 7.42. The number of carbonyl (C=O) groups is 1. The van der Waals surface area contributed by atoms with Crippen LogP contribution in [0.3, 0.4) is 0 Å². The summed E-state index contributed by atoms with van der Waals surface area (Å²) in [6.07, 6.45) is 10.0. The number of methoxy groups -OCH3 is 1. The van der Waals surface area contributed by atoms with E-state index < -0.39 is 0 Å². The lowest BCUT2D eigenvalue weighted by Crippen LogP contribution is -2.36. The normalized spacial score (nSPS) is 19.2. The van der Waals surface area contributed by atoms with Crippen LogP contribution in [0.5, 0.6) is 0 Å². The third-order valence-electron chi connectivity index (χ3n) is 5.24. The highest BCUT2D eigenvalue weighted by molar-refractivity contribution is 5.78. The van der Waals surface area contributed by atoms with Gasteiger partial charge in [-0.2, -0.15) is 0 Å². The molecule has 1 fully saturated rings. The van der Waals surface area contributed by atoms with Gasteiger partial charge in [-0.3, -0.25) is 9.78 Å². The Kier molecular flexibility index (Phi) is 6.92. The Morgan fingerprint density at radius 2 is 2.07 bits per heavy atom. The van der Waals surface area contributed by atoms with Gasteiger partial charge in [0.05, 0.1) is 11.8 Å². The minimum atomic E-state index is 0.0427. The molecule has 1 N–H and O–H groups in total. The van der Waals surface area contributed by atoms with Crippen LogP contribution in [-0.2, 0) is 16.0 Å². The van der Waals surface area contributed by atoms with Crippen LogP contribution in [0.15, 0.2) is 30.7 Å². The summed E-state index contributed by atoms with van der Waals surface area (Å²) in [5.74, 6) is 0.824. The third kappa shape index (κ3) is 5.04. The molecule has 7 heteroatoms. The van der Waals surface area contributed by atoms with Crippen LogP contribution in [0.2, 0.25) is 0 Å². The van der Waals surface area contributed by atoms with Crippen molar-refractivity contribution in [2.45, 2.75) is 38.2 Å². The predicted molar refractivity (Wildman–Crippen MR) is 109 cm³/mol. The minimum Gasteiger partial charge on any atom is -0.381 e. The Bertz CT molecular complexity index is 782. The Labute approximate surface area is 166 Å². The van der Waals surface area contributed by atoms with E-state index in [1.165, 1.54) is 0 Å². The molecule has 28 heavy (non-hydrogen) atoms. The van der Waals surface area contributed by atoms with Gasteiger partial charge in [-0.15, -0.1) is 0 Å². The number of aromatic nitrogens is 3. The second-order valence-corrected chi connectivity index (χ2v) is 7.42. The average molecular weight is 383 g/mol. The maximum Gasteiger partial charge on any atom is 0.225 e. The number of anilines is 1. The molecular weight excluding hydrogens is 354 g/mol. The van der Waals surface area contributed by atoms with Gasteiger partial charge in [0, 0.05) is 64.2 Å². The van der Waals surface area contributed by atoms with Gasteiger partial charge < -0.3 is 15.0 Å². The van der Waals surface area contributed by atoms with Crippen LogP contribution >= 0.6 is 0 Å². The van der Waals surface area contributed by atoms with E-state index >= 15 is 0 Å². The monoisotopic (exact) mass is 383 g/mol. The molecule has 0 aliphatic heterocycles. The Morgan fingerprint density at radius 1 is 1.29 bits per heavy atom.